The molecular weight excluding hydrogens is 372 g/mol. The van der Waals surface area contributed by atoms with Gasteiger partial charge < -0.3 is 10.6 Å². The Morgan fingerprint density at radius 3 is 1.33 bits per heavy atom. The van der Waals surface area contributed by atoms with Crippen molar-refractivity contribution in [2.75, 3.05) is 13.1 Å². The van der Waals surface area contributed by atoms with Gasteiger partial charge in [-0.25, -0.2) is 0 Å². The number of amides is 2. The van der Waals surface area contributed by atoms with E-state index in [0.717, 1.165) is 51.6 Å². The number of nitrogens with one attached hydrogen (secondary N) is 2. The number of carbonyl (C=O) groups excluding carboxylic acids is 2. The number of carbonyl (C=O) groups is 2. The lowest BCUT2D eigenvalue weighted by atomic mass is 10.1. The van der Waals surface area contributed by atoms with Gasteiger partial charge in [0, 0.05) is 25.9 Å². The molecule has 0 fully saturated rings. The summed E-state index contributed by atoms with van der Waals surface area (Å²) in [5.41, 5.74) is 0. The summed E-state index contributed by atoms with van der Waals surface area (Å²) in [6.07, 6.45) is 25.6. The van der Waals surface area contributed by atoms with Crippen molar-refractivity contribution in [3.63, 3.8) is 0 Å². The van der Waals surface area contributed by atoms with E-state index in [0.29, 0.717) is 12.8 Å². The molecule has 4 nitrogen and oxygen atoms in total. The van der Waals surface area contributed by atoms with Crippen molar-refractivity contribution in [1.29, 1.82) is 0 Å². The molecule has 0 aromatic rings. The zero-order chi connectivity index (χ0) is 22.1. The topological polar surface area (TPSA) is 58.2 Å². The minimum atomic E-state index is 0.120. The van der Waals surface area contributed by atoms with Crippen LogP contribution in [0.2, 0.25) is 0 Å². The van der Waals surface area contributed by atoms with Crippen molar-refractivity contribution >= 4 is 11.8 Å². The Hall–Kier alpha value is -1.58. The van der Waals surface area contributed by atoms with Crippen LogP contribution in [0.25, 0.3) is 0 Å². The quantitative estimate of drug-likeness (QED) is 0.162. The van der Waals surface area contributed by atoms with Gasteiger partial charge in [0.2, 0.25) is 11.8 Å². The van der Waals surface area contributed by atoms with E-state index in [1.807, 2.05) is 0 Å². The minimum absolute atomic E-state index is 0.120. The molecule has 0 aliphatic heterocycles. The van der Waals surface area contributed by atoms with Gasteiger partial charge in [-0.15, -0.1) is 0 Å². The van der Waals surface area contributed by atoms with Gasteiger partial charge in [-0.2, -0.15) is 0 Å². The maximum atomic E-state index is 11.8. The Morgan fingerprint density at radius 2 is 0.933 bits per heavy atom. The molecule has 0 spiro atoms. The summed E-state index contributed by atoms with van der Waals surface area (Å²) in [6.45, 7) is 5.87. The third-order valence-electron chi connectivity index (χ3n) is 5.10. The fourth-order valence-corrected chi connectivity index (χ4v) is 3.25. The molecule has 0 heterocycles. The van der Waals surface area contributed by atoms with E-state index in [2.05, 4.69) is 48.8 Å². The van der Waals surface area contributed by atoms with Crippen LogP contribution in [0.3, 0.4) is 0 Å². The third kappa shape index (κ3) is 22.7. The zero-order valence-corrected chi connectivity index (χ0v) is 19.9. The summed E-state index contributed by atoms with van der Waals surface area (Å²) in [5.74, 6) is 0.241. The average Bonchev–Trinajstić information content (AvgIpc) is 2.74. The molecule has 0 unspecified atom stereocenters. The summed E-state index contributed by atoms with van der Waals surface area (Å²) in [5, 5.41) is 5.99. The van der Waals surface area contributed by atoms with Crippen LogP contribution in [0, 0.1) is 0 Å². The first-order valence-electron chi connectivity index (χ1n) is 12.5. The van der Waals surface area contributed by atoms with Gasteiger partial charge in [-0.3, -0.25) is 9.59 Å². The summed E-state index contributed by atoms with van der Waals surface area (Å²) in [4.78, 5) is 23.7. The van der Waals surface area contributed by atoms with Gasteiger partial charge in [0.05, 0.1) is 0 Å². The molecule has 0 radical (unpaired) electrons. The van der Waals surface area contributed by atoms with E-state index in [1.54, 1.807) is 0 Å². The second-order valence-corrected chi connectivity index (χ2v) is 8.07. The standard InChI is InChI=1S/C26H48N2O2/c1-3-5-7-9-11-13-15-19-23-27-25(29)21-17-18-22-26(30)28-24-20-16-14-12-10-8-6-4-2/h5-8H,3-4,9-24H2,1-2H3,(H,27,29)(H,28,30)/b7-5+,8-6+. The lowest BCUT2D eigenvalue weighted by Gasteiger charge is -2.06. The Morgan fingerprint density at radius 1 is 0.533 bits per heavy atom. The number of hydrogen-bond acceptors (Lipinski definition) is 2. The van der Waals surface area contributed by atoms with Crippen LogP contribution in [-0.2, 0) is 9.59 Å². The monoisotopic (exact) mass is 420 g/mol. The largest absolute Gasteiger partial charge is 0.356 e. The Labute approximate surface area is 186 Å². The Balaban J connectivity index is 3.35. The van der Waals surface area contributed by atoms with Gasteiger partial charge in [0.15, 0.2) is 0 Å². The SMILES string of the molecule is CC/C=C/CCCCCCNC(=O)CCCCC(=O)NCCCCCC/C=C/CC. The summed E-state index contributed by atoms with van der Waals surface area (Å²) in [6, 6.07) is 0. The number of rotatable bonds is 21. The van der Waals surface area contributed by atoms with E-state index in [9.17, 15) is 9.59 Å². The van der Waals surface area contributed by atoms with Crippen LogP contribution >= 0.6 is 0 Å². The third-order valence-corrected chi connectivity index (χ3v) is 5.10. The molecule has 174 valence electrons. The van der Waals surface area contributed by atoms with E-state index in [4.69, 9.17) is 0 Å². The first-order valence-corrected chi connectivity index (χ1v) is 12.5. The summed E-state index contributed by atoms with van der Waals surface area (Å²) in [7, 11) is 0. The number of unbranched alkanes of at least 4 members (excludes halogenated alkanes) is 9. The maximum Gasteiger partial charge on any atom is 0.219 e. The fraction of sp³-hybridized carbons (Fsp3) is 0.769. The lowest BCUT2D eigenvalue weighted by Crippen LogP contribution is -2.25. The van der Waals surface area contributed by atoms with Crippen molar-refractivity contribution in [1.82, 2.24) is 10.6 Å². The van der Waals surface area contributed by atoms with E-state index in [-0.39, 0.29) is 11.8 Å². The predicted octanol–water partition coefficient (Wildman–Crippen LogP) is 6.61. The Kier molecular flexibility index (Phi) is 22.4. The highest BCUT2D eigenvalue weighted by Gasteiger charge is 2.04. The molecular formula is C26H48N2O2. The van der Waals surface area contributed by atoms with Crippen molar-refractivity contribution in [3.05, 3.63) is 24.3 Å². The average molecular weight is 421 g/mol. The highest BCUT2D eigenvalue weighted by atomic mass is 16.2. The van der Waals surface area contributed by atoms with Crippen molar-refractivity contribution in [2.45, 2.75) is 117 Å². The minimum Gasteiger partial charge on any atom is -0.356 e. The summed E-state index contributed by atoms with van der Waals surface area (Å²) < 4.78 is 0. The molecule has 0 aliphatic carbocycles. The van der Waals surface area contributed by atoms with Crippen LogP contribution in [-0.4, -0.2) is 24.9 Å². The molecule has 0 aliphatic rings. The molecule has 0 saturated carbocycles. The molecule has 0 bridgehead atoms. The highest BCUT2D eigenvalue weighted by Crippen LogP contribution is 2.05. The van der Waals surface area contributed by atoms with Gasteiger partial charge in [0.25, 0.3) is 0 Å². The van der Waals surface area contributed by atoms with Crippen LogP contribution in [0.5, 0.6) is 0 Å². The second kappa shape index (κ2) is 23.7. The number of allylic oxidation sites excluding steroid dienone is 4. The molecule has 2 amide bonds. The molecule has 4 heteroatoms. The van der Waals surface area contributed by atoms with E-state index in [1.165, 1.54) is 51.4 Å². The second-order valence-electron chi connectivity index (χ2n) is 8.07. The van der Waals surface area contributed by atoms with Crippen LogP contribution in [0.4, 0.5) is 0 Å². The predicted molar refractivity (Wildman–Crippen MR) is 130 cm³/mol. The first-order chi connectivity index (χ1) is 14.7. The van der Waals surface area contributed by atoms with Gasteiger partial charge in [-0.1, -0.05) is 63.8 Å². The van der Waals surface area contributed by atoms with Crippen molar-refractivity contribution < 1.29 is 9.59 Å². The van der Waals surface area contributed by atoms with Crippen molar-refractivity contribution in [2.24, 2.45) is 0 Å². The smallest absolute Gasteiger partial charge is 0.219 e. The van der Waals surface area contributed by atoms with Gasteiger partial charge in [-0.05, 0) is 64.2 Å². The van der Waals surface area contributed by atoms with E-state index < -0.39 is 0 Å². The molecule has 30 heavy (non-hydrogen) atoms. The van der Waals surface area contributed by atoms with Crippen LogP contribution < -0.4 is 10.6 Å². The van der Waals surface area contributed by atoms with Crippen LogP contribution in [0.15, 0.2) is 24.3 Å². The normalized spacial score (nSPS) is 11.4. The maximum absolute atomic E-state index is 11.8. The first kappa shape index (κ1) is 28.4. The van der Waals surface area contributed by atoms with Gasteiger partial charge in [0.1, 0.15) is 0 Å². The summed E-state index contributed by atoms with van der Waals surface area (Å²) >= 11 is 0. The molecule has 0 saturated heterocycles. The molecule has 0 aromatic heterocycles. The molecule has 0 atom stereocenters. The molecule has 2 N–H and O–H groups in total. The Bertz CT molecular complexity index is 416. The van der Waals surface area contributed by atoms with Gasteiger partial charge >= 0.3 is 0 Å². The fourth-order valence-electron chi connectivity index (χ4n) is 3.25. The zero-order valence-electron chi connectivity index (χ0n) is 19.9. The van der Waals surface area contributed by atoms with E-state index >= 15 is 0 Å². The molecule has 0 aromatic carbocycles. The van der Waals surface area contributed by atoms with Crippen LogP contribution in [0.1, 0.15) is 117 Å². The van der Waals surface area contributed by atoms with Crippen molar-refractivity contribution in [3.8, 4) is 0 Å². The number of hydrogen-bond donors (Lipinski definition) is 2. The molecule has 0 rings (SSSR count). The lowest BCUT2D eigenvalue weighted by molar-refractivity contribution is -0.123. The highest BCUT2D eigenvalue weighted by molar-refractivity contribution is 5.77.